The van der Waals surface area contributed by atoms with Crippen LogP contribution in [-0.4, -0.2) is 10.7 Å². The summed E-state index contributed by atoms with van der Waals surface area (Å²) in [6.45, 7) is 4.44. The van der Waals surface area contributed by atoms with Crippen molar-refractivity contribution in [1.82, 2.24) is 0 Å². The van der Waals surface area contributed by atoms with Gasteiger partial charge in [0, 0.05) is 0 Å². The van der Waals surface area contributed by atoms with Gasteiger partial charge in [-0.3, -0.25) is 0 Å². The van der Waals surface area contributed by atoms with Crippen LogP contribution in [0.5, 0.6) is 0 Å². The summed E-state index contributed by atoms with van der Waals surface area (Å²) < 4.78 is 0. The number of rotatable bonds is 1. The molecule has 2 saturated carbocycles. The Labute approximate surface area is 98.7 Å². The Bertz CT molecular complexity index is 309. The fourth-order valence-electron chi connectivity index (χ4n) is 3.90. The Balaban J connectivity index is 2.27. The van der Waals surface area contributed by atoms with E-state index in [9.17, 15) is 10.4 Å². The molecule has 2 fully saturated rings. The Hall–Kier alpha value is -0.550. The van der Waals surface area contributed by atoms with Crippen molar-refractivity contribution in [3.8, 4) is 6.07 Å². The van der Waals surface area contributed by atoms with Gasteiger partial charge in [0.25, 0.3) is 0 Å². The molecule has 0 aliphatic heterocycles. The number of nitrogens with zero attached hydrogens (tertiary/aromatic N) is 1. The third-order valence-corrected chi connectivity index (χ3v) is 4.78. The number of nitriles is 1. The highest BCUT2D eigenvalue weighted by Crippen LogP contribution is 2.55. The van der Waals surface area contributed by atoms with Gasteiger partial charge < -0.3 is 5.11 Å². The topological polar surface area (TPSA) is 44.0 Å². The molecule has 2 rings (SSSR count). The summed E-state index contributed by atoms with van der Waals surface area (Å²) in [5.41, 5.74) is -0.968. The zero-order valence-corrected chi connectivity index (χ0v) is 10.6. The van der Waals surface area contributed by atoms with E-state index in [0.29, 0.717) is 0 Å². The van der Waals surface area contributed by atoms with E-state index in [2.05, 4.69) is 19.9 Å². The molecule has 0 aromatic carbocycles. The van der Waals surface area contributed by atoms with Crippen molar-refractivity contribution in [3.63, 3.8) is 0 Å². The average molecular weight is 221 g/mol. The van der Waals surface area contributed by atoms with E-state index in [1.54, 1.807) is 0 Å². The molecule has 0 saturated heterocycles. The molecule has 1 atom stereocenters. The lowest BCUT2D eigenvalue weighted by molar-refractivity contribution is -0.110. The summed E-state index contributed by atoms with van der Waals surface area (Å²) in [5, 5.41) is 20.4. The van der Waals surface area contributed by atoms with Gasteiger partial charge in [-0.2, -0.15) is 5.26 Å². The highest BCUT2D eigenvalue weighted by molar-refractivity contribution is 5.15. The van der Waals surface area contributed by atoms with Crippen LogP contribution >= 0.6 is 0 Å². The molecule has 1 unspecified atom stereocenters. The number of hydrogen-bond acceptors (Lipinski definition) is 2. The molecule has 0 spiro atoms. The molecule has 16 heavy (non-hydrogen) atoms. The first-order valence-electron chi connectivity index (χ1n) is 6.57. The molecule has 0 aromatic heterocycles. The molecule has 0 radical (unpaired) electrons. The predicted molar refractivity (Wildman–Crippen MR) is 63.7 cm³/mol. The van der Waals surface area contributed by atoms with Crippen molar-refractivity contribution in [2.24, 2.45) is 10.8 Å². The third-order valence-electron chi connectivity index (χ3n) is 4.78. The van der Waals surface area contributed by atoms with Crippen molar-refractivity contribution in [2.75, 3.05) is 0 Å². The normalized spacial score (nSPS) is 36.9. The van der Waals surface area contributed by atoms with Crippen LogP contribution in [0.1, 0.15) is 65.2 Å². The fraction of sp³-hybridized carbons (Fsp3) is 0.929. The van der Waals surface area contributed by atoms with E-state index < -0.39 is 11.0 Å². The smallest absolute Gasteiger partial charge is 0.0860 e. The van der Waals surface area contributed by atoms with Crippen LogP contribution in [0.15, 0.2) is 0 Å². The maximum absolute atomic E-state index is 10.9. The summed E-state index contributed by atoms with van der Waals surface area (Å²) in [6, 6.07) is 2.48. The molecular formula is C14H23NO. The molecular weight excluding hydrogens is 198 g/mol. The maximum Gasteiger partial charge on any atom is 0.0860 e. The van der Waals surface area contributed by atoms with Crippen LogP contribution in [0.4, 0.5) is 0 Å². The van der Waals surface area contributed by atoms with Gasteiger partial charge in [-0.05, 0) is 37.5 Å². The second-order valence-corrected chi connectivity index (χ2v) is 6.63. The van der Waals surface area contributed by atoms with E-state index in [1.165, 1.54) is 6.42 Å². The van der Waals surface area contributed by atoms with Gasteiger partial charge in [0.15, 0.2) is 0 Å². The van der Waals surface area contributed by atoms with Gasteiger partial charge >= 0.3 is 0 Å². The Morgan fingerprint density at radius 2 is 1.62 bits per heavy atom. The quantitative estimate of drug-likeness (QED) is 0.737. The summed E-state index contributed by atoms with van der Waals surface area (Å²) in [4.78, 5) is 0. The lowest BCUT2D eigenvalue weighted by atomic mass is 9.59. The van der Waals surface area contributed by atoms with E-state index in [-0.39, 0.29) is 5.41 Å². The van der Waals surface area contributed by atoms with Crippen LogP contribution in [0, 0.1) is 22.2 Å². The first kappa shape index (κ1) is 11.9. The predicted octanol–water partition coefficient (Wildman–Crippen LogP) is 3.40. The Morgan fingerprint density at radius 3 is 2.12 bits per heavy atom. The minimum Gasteiger partial charge on any atom is -0.388 e. The van der Waals surface area contributed by atoms with Crippen LogP contribution in [0.3, 0.4) is 0 Å². The average Bonchev–Trinajstić information content (AvgIpc) is 2.65. The van der Waals surface area contributed by atoms with Crippen molar-refractivity contribution >= 4 is 0 Å². The summed E-state index contributed by atoms with van der Waals surface area (Å²) in [5.74, 6) is 0. The number of hydrogen-bond donors (Lipinski definition) is 1. The highest BCUT2D eigenvalue weighted by atomic mass is 16.3. The van der Waals surface area contributed by atoms with Crippen LogP contribution in [0.2, 0.25) is 0 Å². The molecule has 2 aliphatic carbocycles. The summed E-state index contributed by atoms with van der Waals surface area (Å²) >= 11 is 0. The van der Waals surface area contributed by atoms with Crippen LogP contribution in [0.25, 0.3) is 0 Å². The van der Waals surface area contributed by atoms with E-state index in [1.807, 2.05) is 0 Å². The minimum atomic E-state index is -0.722. The van der Waals surface area contributed by atoms with Gasteiger partial charge in [-0.1, -0.05) is 33.1 Å². The standard InChI is InChI=1S/C14H23NO/c1-12(2)6-5-9-14(16,10-12)13(11-15)7-3-4-8-13/h16H,3-10H2,1-2H3. The van der Waals surface area contributed by atoms with Crippen molar-refractivity contribution in [2.45, 2.75) is 70.8 Å². The van der Waals surface area contributed by atoms with Crippen LogP contribution in [-0.2, 0) is 0 Å². The first-order chi connectivity index (χ1) is 7.43. The van der Waals surface area contributed by atoms with Gasteiger partial charge in [0.2, 0.25) is 0 Å². The van der Waals surface area contributed by atoms with Gasteiger partial charge in [0.1, 0.15) is 0 Å². The zero-order valence-electron chi connectivity index (χ0n) is 10.6. The molecule has 0 amide bonds. The summed E-state index contributed by atoms with van der Waals surface area (Å²) in [7, 11) is 0. The molecule has 2 aliphatic rings. The van der Waals surface area contributed by atoms with Gasteiger partial charge in [-0.15, -0.1) is 0 Å². The molecule has 0 bridgehead atoms. The Morgan fingerprint density at radius 1 is 1.00 bits per heavy atom. The first-order valence-corrected chi connectivity index (χ1v) is 6.57. The van der Waals surface area contributed by atoms with E-state index >= 15 is 0 Å². The monoisotopic (exact) mass is 221 g/mol. The molecule has 2 nitrogen and oxygen atoms in total. The third kappa shape index (κ3) is 1.76. The zero-order chi connectivity index (χ0) is 11.9. The molecule has 0 aromatic rings. The maximum atomic E-state index is 10.9. The minimum absolute atomic E-state index is 0.194. The van der Waals surface area contributed by atoms with Crippen molar-refractivity contribution < 1.29 is 5.11 Å². The van der Waals surface area contributed by atoms with E-state index in [4.69, 9.17) is 0 Å². The molecule has 90 valence electrons. The molecule has 0 heterocycles. The van der Waals surface area contributed by atoms with Crippen LogP contribution < -0.4 is 0 Å². The van der Waals surface area contributed by atoms with E-state index in [0.717, 1.165) is 44.9 Å². The van der Waals surface area contributed by atoms with Crippen molar-refractivity contribution in [3.05, 3.63) is 0 Å². The van der Waals surface area contributed by atoms with Gasteiger partial charge in [-0.25, -0.2) is 0 Å². The fourth-order valence-corrected chi connectivity index (χ4v) is 3.90. The SMILES string of the molecule is CC1(C)CCCC(O)(C2(C#N)CCCC2)C1. The molecule has 1 N–H and O–H groups in total. The van der Waals surface area contributed by atoms with Gasteiger partial charge in [0.05, 0.1) is 17.1 Å². The Kier molecular flexibility index (Phi) is 2.78. The summed E-state index contributed by atoms with van der Waals surface area (Å²) in [6.07, 6.45) is 7.88. The lowest BCUT2D eigenvalue weighted by Gasteiger charge is -2.48. The van der Waals surface area contributed by atoms with Crippen molar-refractivity contribution in [1.29, 1.82) is 5.26 Å². The second-order valence-electron chi connectivity index (χ2n) is 6.63. The second kappa shape index (κ2) is 3.74. The highest BCUT2D eigenvalue weighted by Gasteiger charge is 2.55. The lowest BCUT2D eigenvalue weighted by Crippen LogP contribution is -2.51. The largest absolute Gasteiger partial charge is 0.388 e. The molecule has 2 heteroatoms. The number of aliphatic hydroxyl groups is 1.